The molecule has 0 unspecified atom stereocenters. The summed E-state index contributed by atoms with van der Waals surface area (Å²) in [6, 6.07) is 9.66. The van der Waals surface area contributed by atoms with Gasteiger partial charge in [0.1, 0.15) is 11.5 Å². The van der Waals surface area contributed by atoms with Crippen molar-refractivity contribution in [3.63, 3.8) is 0 Å². The van der Waals surface area contributed by atoms with Crippen molar-refractivity contribution >= 4 is 5.91 Å². The van der Waals surface area contributed by atoms with Crippen LogP contribution in [-0.2, 0) is 6.54 Å². The SMILES string of the molecule is CN(Cc1cn[nH]c1-c1ccc(F)cc1)C(=O)c1ccc[nH]1. The minimum Gasteiger partial charge on any atom is -0.357 e. The smallest absolute Gasteiger partial charge is 0.270 e. The number of hydrogen-bond acceptors (Lipinski definition) is 2. The van der Waals surface area contributed by atoms with E-state index in [0.29, 0.717) is 12.2 Å². The standard InChI is InChI=1S/C16H15FN4O/c1-21(16(22)14-3-2-8-18-14)10-12-9-19-20-15(12)11-4-6-13(17)7-5-11/h2-9,18H,10H2,1H3,(H,19,20). The van der Waals surface area contributed by atoms with Gasteiger partial charge >= 0.3 is 0 Å². The van der Waals surface area contributed by atoms with Gasteiger partial charge in [-0.2, -0.15) is 5.10 Å². The second-order valence-corrected chi connectivity index (χ2v) is 5.02. The van der Waals surface area contributed by atoms with Gasteiger partial charge in [-0.15, -0.1) is 0 Å². The van der Waals surface area contributed by atoms with E-state index in [1.165, 1.54) is 12.1 Å². The fourth-order valence-electron chi connectivity index (χ4n) is 2.29. The van der Waals surface area contributed by atoms with Crippen molar-refractivity contribution in [1.29, 1.82) is 0 Å². The Balaban J connectivity index is 1.80. The molecule has 112 valence electrons. The molecule has 0 radical (unpaired) electrons. The maximum absolute atomic E-state index is 13.0. The molecule has 5 nitrogen and oxygen atoms in total. The number of H-pyrrole nitrogens is 2. The number of rotatable bonds is 4. The summed E-state index contributed by atoms with van der Waals surface area (Å²) in [5.74, 6) is -0.389. The Morgan fingerprint density at radius 2 is 2.05 bits per heavy atom. The van der Waals surface area contributed by atoms with Gasteiger partial charge in [-0.3, -0.25) is 9.89 Å². The van der Waals surface area contributed by atoms with Crippen LogP contribution in [-0.4, -0.2) is 33.0 Å². The second kappa shape index (κ2) is 5.85. The van der Waals surface area contributed by atoms with Crippen LogP contribution in [0, 0.1) is 5.82 Å². The van der Waals surface area contributed by atoms with Gasteiger partial charge in [0, 0.05) is 30.9 Å². The van der Waals surface area contributed by atoms with E-state index in [9.17, 15) is 9.18 Å². The molecule has 1 amide bonds. The summed E-state index contributed by atoms with van der Waals surface area (Å²) in [6.07, 6.45) is 3.39. The topological polar surface area (TPSA) is 64.8 Å². The lowest BCUT2D eigenvalue weighted by Crippen LogP contribution is -2.26. The van der Waals surface area contributed by atoms with E-state index in [2.05, 4.69) is 15.2 Å². The van der Waals surface area contributed by atoms with Gasteiger partial charge in [-0.25, -0.2) is 4.39 Å². The lowest BCUT2D eigenvalue weighted by atomic mass is 10.1. The normalized spacial score (nSPS) is 10.6. The first-order valence-electron chi connectivity index (χ1n) is 6.82. The predicted molar refractivity (Wildman–Crippen MR) is 80.6 cm³/mol. The van der Waals surface area contributed by atoms with E-state index >= 15 is 0 Å². The molecule has 6 heteroatoms. The summed E-state index contributed by atoms with van der Waals surface area (Å²) >= 11 is 0. The van der Waals surface area contributed by atoms with Crippen LogP contribution < -0.4 is 0 Å². The van der Waals surface area contributed by atoms with Crippen LogP contribution in [0.25, 0.3) is 11.3 Å². The lowest BCUT2D eigenvalue weighted by molar-refractivity contribution is 0.0780. The molecule has 2 N–H and O–H groups in total. The number of nitrogens with one attached hydrogen (secondary N) is 2. The Labute approximate surface area is 126 Å². The van der Waals surface area contributed by atoms with Crippen molar-refractivity contribution in [3.05, 3.63) is 65.9 Å². The molecule has 0 spiro atoms. The molecule has 0 fully saturated rings. The quantitative estimate of drug-likeness (QED) is 0.778. The molecule has 0 aliphatic rings. The molecular weight excluding hydrogens is 283 g/mol. The van der Waals surface area contributed by atoms with Crippen molar-refractivity contribution in [3.8, 4) is 11.3 Å². The number of nitrogens with zero attached hydrogens (tertiary/aromatic N) is 2. The predicted octanol–water partition coefficient (Wildman–Crippen LogP) is 2.82. The first-order chi connectivity index (χ1) is 10.6. The maximum atomic E-state index is 13.0. The van der Waals surface area contributed by atoms with Crippen molar-refractivity contribution in [1.82, 2.24) is 20.1 Å². The van der Waals surface area contributed by atoms with E-state index in [0.717, 1.165) is 16.8 Å². The Bertz CT molecular complexity index is 762. The minimum atomic E-state index is -0.288. The highest BCUT2D eigenvalue weighted by Crippen LogP contribution is 2.22. The number of carbonyl (C=O) groups excluding carboxylic acids is 1. The molecule has 0 saturated heterocycles. The Kier molecular flexibility index (Phi) is 3.74. The van der Waals surface area contributed by atoms with Crippen molar-refractivity contribution in [2.75, 3.05) is 7.05 Å². The number of benzene rings is 1. The van der Waals surface area contributed by atoms with Crippen LogP contribution in [0.4, 0.5) is 4.39 Å². The Hall–Kier alpha value is -2.89. The lowest BCUT2D eigenvalue weighted by Gasteiger charge is -2.16. The van der Waals surface area contributed by atoms with Gasteiger partial charge in [-0.1, -0.05) is 0 Å². The molecular formula is C16H15FN4O. The molecule has 0 aliphatic carbocycles. The molecule has 0 bridgehead atoms. The zero-order valence-corrected chi connectivity index (χ0v) is 12.0. The average Bonchev–Trinajstić information content (AvgIpc) is 3.18. The third kappa shape index (κ3) is 2.76. The zero-order valence-electron chi connectivity index (χ0n) is 12.0. The Morgan fingerprint density at radius 3 is 2.73 bits per heavy atom. The first-order valence-corrected chi connectivity index (χ1v) is 6.82. The van der Waals surface area contributed by atoms with Gasteiger partial charge in [0.25, 0.3) is 5.91 Å². The number of aromatic nitrogens is 3. The molecule has 1 aromatic carbocycles. The summed E-state index contributed by atoms with van der Waals surface area (Å²) in [6.45, 7) is 0.404. The van der Waals surface area contributed by atoms with Gasteiger partial charge < -0.3 is 9.88 Å². The maximum Gasteiger partial charge on any atom is 0.270 e. The zero-order chi connectivity index (χ0) is 15.5. The molecule has 0 saturated carbocycles. The Morgan fingerprint density at radius 1 is 1.27 bits per heavy atom. The van der Waals surface area contributed by atoms with E-state index in [1.807, 2.05) is 0 Å². The number of halogens is 1. The van der Waals surface area contributed by atoms with Gasteiger partial charge in [-0.05, 0) is 36.4 Å². The van der Waals surface area contributed by atoms with E-state index in [1.54, 1.807) is 48.6 Å². The summed E-state index contributed by atoms with van der Waals surface area (Å²) in [5.41, 5.74) is 3.02. The third-order valence-corrected chi connectivity index (χ3v) is 3.43. The van der Waals surface area contributed by atoms with E-state index in [-0.39, 0.29) is 11.7 Å². The summed E-state index contributed by atoms with van der Waals surface area (Å²) in [7, 11) is 1.73. The highest BCUT2D eigenvalue weighted by molar-refractivity contribution is 5.92. The molecule has 2 aromatic heterocycles. The van der Waals surface area contributed by atoms with Gasteiger partial charge in [0.2, 0.25) is 0 Å². The number of carbonyl (C=O) groups is 1. The number of aromatic amines is 2. The van der Waals surface area contributed by atoms with Crippen LogP contribution in [0.2, 0.25) is 0 Å². The third-order valence-electron chi connectivity index (χ3n) is 3.43. The van der Waals surface area contributed by atoms with Crippen LogP contribution in [0.1, 0.15) is 16.1 Å². The van der Waals surface area contributed by atoms with Crippen molar-refractivity contribution in [2.24, 2.45) is 0 Å². The highest BCUT2D eigenvalue weighted by atomic mass is 19.1. The van der Waals surface area contributed by atoms with E-state index < -0.39 is 0 Å². The van der Waals surface area contributed by atoms with Crippen LogP contribution in [0.3, 0.4) is 0 Å². The fraction of sp³-hybridized carbons (Fsp3) is 0.125. The van der Waals surface area contributed by atoms with Crippen molar-refractivity contribution < 1.29 is 9.18 Å². The van der Waals surface area contributed by atoms with Gasteiger partial charge in [0.15, 0.2) is 0 Å². The van der Waals surface area contributed by atoms with Crippen LogP contribution in [0.5, 0.6) is 0 Å². The second-order valence-electron chi connectivity index (χ2n) is 5.02. The average molecular weight is 298 g/mol. The molecule has 3 aromatic rings. The van der Waals surface area contributed by atoms with Crippen LogP contribution in [0.15, 0.2) is 48.8 Å². The number of amides is 1. The van der Waals surface area contributed by atoms with Gasteiger partial charge in [0.05, 0.1) is 11.9 Å². The van der Waals surface area contributed by atoms with E-state index in [4.69, 9.17) is 0 Å². The molecule has 3 rings (SSSR count). The minimum absolute atomic E-state index is 0.101. The summed E-state index contributed by atoms with van der Waals surface area (Å²) in [4.78, 5) is 16.7. The first kappa shape index (κ1) is 14.1. The number of hydrogen-bond donors (Lipinski definition) is 2. The molecule has 2 heterocycles. The molecule has 22 heavy (non-hydrogen) atoms. The largest absolute Gasteiger partial charge is 0.357 e. The molecule has 0 atom stereocenters. The monoisotopic (exact) mass is 298 g/mol. The van der Waals surface area contributed by atoms with Crippen LogP contribution >= 0.6 is 0 Å². The summed E-state index contributed by atoms with van der Waals surface area (Å²) < 4.78 is 13.0. The highest BCUT2D eigenvalue weighted by Gasteiger charge is 2.16. The van der Waals surface area contributed by atoms with Crippen molar-refractivity contribution in [2.45, 2.75) is 6.54 Å². The fourth-order valence-corrected chi connectivity index (χ4v) is 2.29. The molecule has 0 aliphatic heterocycles. The summed E-state index contributed by atoms with van der Waals surface area (Å²) in [5, 5.41) is 6.93.